The quantitative estimate of drug-likeness (QED) is 0.568. The third kappa shape index (κ3) is 4.68. The molecule has 1 aliphatic heterocycles. The predicted octanol–water partition coefficient (Wildman–Crippen LogP) is 4.45. The lowest BCUT2D eigenvalue weighted by Crippen LogP contribution is -2.37. The Morgan fingerprint density at radius 2 is 1.59 bits per heavy atom. The first kappa shape index (κ1) is 21.6. The molecular formula is C25H22FN3O2S. The normalized spacial score (nSPS) is 15.9. The van der Waals surface area contributed by atoms with Crippen molar-refractivity contribution >= 4 is 34.8 Å². The molecule has 3 aromatic carbocycles. The number of rotatable bonds is 6. The van der Waals surface area contributed by atoms with E-state index in [0.29, 0.717) is 17.3 Å². The molecule has 5 nitrogen and oxygen atoms in total. The van der Waals surface area contributed by atoms with E-state index in [0.717, 1.165) is 16.7 Å². The van der Waals surface area contributed by atoms with Gasteiger partial charge < -0.3 is 10.2 Å². The van der Waals surface area contributed by atoms with Gasteiger partial charge in [-0.05, 0) is 53.2 Å². The van der Waals surface area contributed by atoms with Crippen molar-refractivity contribution in [3.8, 4) is 11.1 Å². The number of benzene rings is 3. The molecule has 3 aromatic rings. The highest BCUT2D eigenvalue weighted by atomic mass is 32.1. The zero-order valence-electron chi connectivity index (χ0n) is 17.5. The molecule has 0 radical (unpaired) electrons. The Balaban J connectivity index is 1.44. The number of amides is 2. The van der Waals surface area contributed by atoms with Gasteiger partial charge in [0.1, 0.15) is 11.9 Å². The van der Waals surface area contributed by atoms with Crippen LogP contribution in [0.3, 0.4) is 0 Å². The van der Waals surface area contributed by atoms with E-state index in [-0.39, 0.29) is 24.1 Å². The first-order chi connectivity index (χ1) is 15.4. The Hall–Kier alpha value is -3.58. The lowest BCUT2D eigenvalue weighted by atomic mass is 10.1. The summed E-state index contributed by atoms with van der Waals surface area (Å²) in [6, 6.07) is 22.8. The summed E-state index contributed by atoms with van der Waals surface area (Å²) in [5.41, 5.74) is 3.60. The molecule has 0 aliphatic carbocycles. The minimum atomic E-state index is -0.707. The largest absolute Gasteiger partial charge is 0.332 e. The average Bonchev–Trinajstić information content (AvgIpc) is 3.00. The molecule has 1 N–H and O–H groups in total. The molecule has 1 atom stereocenters. The number of halogens is 1. The van der Waals surface area contributed by atoms with E-state index in [1.807, 2.05) is 54.6 Å². The van der Waals surface area contributed by atoms with E-state index < -0.39 is 6.04 Å². The second-order valence-electron chi connectivity index (χ2n) is 7.65. The zero-order valence-corrected chi connectivity index (χ0v) is 18.3. The third-order valence-electron chi connectivity index (χ3n) is 5.45. The van der Waals surface area contributed by atoms with E-state index >= 15 is 0 Å². The number of nitrogens with one attached hydrogen (secondary N) is 1. The summed E-state index contributed by atoms with van der Waals surface area (Å²) in [6.45, 7) is 0.318. The van der Waals surface area contributed by atoms with Gasteiger partial charge in [0.25, 0.3) is 5.91 Å². The lowest BCUT2D eigenvalue weighted by molar-refractivity contribution is -0.130. The highest BCUT2D eigenvalue weighted by Gasteiger charge is 2.41. The number of hydrogen-bond acceptors (Lipinski definition) is 3. The number of hydrogen-bond donors (Lipinski definition) is 1. The molecule has 4 rings (SSSR count). The van der Waals surface area contributed by atoms with Gasteiger partial charge in [0.05, 0.1) is 6.42 Å². The number of carbonyl (C=O) groups is 2. The standard InChI is InChI=1S/C25H22FN3O2S/c1-28-24(31)22(29(25(28)32)16-17-7-11-20(26)12-8-17)15-23(30)27-21-13-9-19(10-14-21)18-5-3-2-4-6-18/h2-14,22H,15-16H2,1H3,(H,27,30). The Morgan fingerprint density at radius 1 is 0.969 bits per heavy atom. The smallest absolute Gasteiger partial charge is 0.251 e. The molecule has 2 amide bonds. The van der Waals surface area contributed by atoms with Crippen LogP contribution in [0.15, 0.2) is 78.9 Å². The maximum atomic E-state index is 13.2. The highest BCUT2D eigenvalue weighted by Crippen LogP contribution is 2.24. The Bertz CT molecular complexity index is 1130. The van der Waals surface area contributed by atoms with E-state index in [1.165, 1.54) is 17.0 Å². The number of carbonyl (C=O) groups excluding carboxylic acids is 2. The van der Waals surface area contributed by atoms with Crippen LogP contribution in [-0.2, 0) is 16.1 Å². The second-order valence-corrected chi connectivity index (χ2v) is 8.01. The van der Waals surface area contributed by atoms with Gasteiger partial charge in [0.2, 0.25) is 5.91 Å². The van der Waals surface area contributed by atoms with Crippen molar-refractivity contribution in [3.63, 3.8) is 0 Å². The van der Waals surface area contributed by atoms with Crippen molar-refractivity contribution < 1.29 is 14.0 Å². The van der Waals surface area contributed by atoms with Gasteiger partial charge in [-0.3, -0.25) is 14.5 Å². The SMILES string of the molecule is CN1C(=O)C(CC(=O)Nc2ccc(-c3ccccc3)cc2)N(Cc2ccc(F)cc2)C1=S. The predicted molar refractivity (Wildman–Crippen MR) is 126 cm³/mol. The van der Waals surface area contributed by atoms with Crippen LogP contribution in [0.25, 0.3) is 11.1 Å². The van der Waals surface area contributed by atoms with Crippen LogP contribution in [0, 0.1) is 5.82 Å². The number of anilines is 1. The second kappa shape index (κ2) is 9.28. The maximum Gasteiger partial charge on any atom is 0.251 e. The fourth-order valence-corrected chi connectivity index (χ4v) is 3.98. The van der Waals surface area contributed by atoms with Crippen molar-refractivity contribution in [1.29, 1.82) is 0 Å². The van der Waals surface area contributed by atoms with Crippen LogP contribution in [0.5, 0.6) is 0 Å². The van der Waals surface area contributed by atoms with Crippen molar-refractivity contribution in [1.82, 2.24) is 9.80 Å². The fourth-order valence-electron chi connectivity index (χ4n) is 3.70. The molecule has 0 bridgehead atoms. The number of thiocarbonyl (C=S) groups is 1. The van der Waals surface area contributed by atoms with Crippen LogP contribution < -0.4 is 5.32 Å². The Labute approximate surface area is 191 Å². The average molecular weight is 448 g/mol. The van der Waals surface area contributed by atoms with Crippen molar-refractivity contribution in [2.24, 2.45) is 0 Å². The van der Waals surface area contributed by atoms with Gasteiger partial charge in [-0.2, -0.15) is 0 Å². The van der Waals surface area contributed by atoms with E-state index in [9.17, 15) is 14.0 Å². The van der Waals surface area contributed by atoms with E-state index in [1.54, 1.807) is 24.1 Å². The molecule has 7 heteroatoms. The van der Waals surface area contributed by atoms with Crippen molar-refractivity contribution in [3.05, 3.63) is 90.2 Å². The van der Waals surface area contributed by atoms with Gasteiger partial charge in [0, 0.05) is 19.3 Å². The van der Waals surface area contributed by atoms with Gasteiger partial charge in [0.15, 0.2) is 5.11 Å². The van der Waals surface area contributed by atoms with E-state index in [4.69, 9.17) is 12.2 Å². The highest BCUT2D eigenvalue weighted by molar-refractivity contribution is 7.80. The van der Waals surface area contributed by atoms with Gasteiger partial charge in [-0.15, -0.1) is 0 Å². The fraction of sp³-hybridized carbons (Fsp3) is 0.160. The van der Waals surface area contributed by atoms with Crippen LogP contribution in [0.2, 0.25) is 0 Å². The third-order valence-corrected chi connectivity index (χ3v) is 5.95. The molecule has 1 saturated heterocycles. The first-order valence-electron chi connectivity index (χ1n) is 10.2. The lowest BCUT2D eigenvalue weighted by Gasteiger charge is -2.23. The Kier molecular flexibility index (Phi) is 6.28. The molecule has 0 spiro atoms. The van der Waals surface area contributed by atoms with E-state index in [2.05, 4.69) is 5.32 Å². The van der Waals surface area contributed by atoms with Crippen LogP contribution in [0.4, 0.5) is 10.1 Å². The molecule has 32 heavy (non-hydrogen) atoms. The molecule has 1 fully saturated rings. The topological polar surface area (TPSA) is 52.7 Å². The molecule has 1 aliphatic rings. The molecule has 0 aromatic heterocycles. The van der Waals surface area contributed by atoms with Gasteiger partial charge in [-0.1, -0.05) is 54.6 Å². The van der Waals surface area contributed by atoms with Crippen molar-refractivity contribution in [2.45, 2.75) is 19.0 Å². The molecule has 0 saturated carbocycles. The molecule has 1 heterocycles. The summed E-state index contributed by atoms with van der Waals surface area (Å²) in [4.78, 5) is 28.5. The number of likely N-dealkylation sites (N-methyl/N-ethyl adjacent to an activating group) is 1. The van der Waals surface area contributed by atoms with Crippen LogP contribution in [-0.4, -0.2) is 39.8 Å². The molecule has 1 unspecified atom stereocenters. The summed E-state index contributed by atoms with van der Waals surface area (Å²) in [5, 5.41) is 3.21. The monoisotopic (exact) mass is 447 g/mol. The number of nitrogens with zero attached hydrogens (tertiary/aromatic N) is 2. The van der Waals surface area contributed by atoms with Gasteiger partial charge >= 0.3 is 0 Å². The molecule has 162 valence electrons. The van der Waals surface area contributed by atoms with Crippen LogP contribution in [0.1, 0.15) is 12.0 Å². The van der Waals surface area contributed by atoms with Crippen molar-refractivity contribution in [2.75, 3.05) is 12.4 Å². The van der Waals surface area contributed by atoms with Crippen LogP contribution >= 0.6 is 12.2 Å². The minimum Gasteiger partial charge on any atom is -0.332 e. The minimum absolute atomic E-state index is 0.0368. The summed E-state index contributed by atoms with van der Waals surface area (Å²) < 4.78 is 13.2. The zero-order chi connectivity index (χ0) is 22.7. The summed E-state index contributed by atoms with van der Waals surface area (Å²) in [5.74, 6) is -0.843. The summed E-state index contributed by atoms with van der Waals surface area (Å²) in [7, 11) is 1.60. The first-order valence-corrected chi connectivity index (χ1v) is 10.6. The summed E-state index contributed by atoms with van der Waals surface area (Å²) in [6.07, 6.45) is -0.0368. The Morgan fingerprint density at radius 3 is 2.25 bits per heavy atom. The molecular weight excluding hydrogens is 425 g/mol. The van der Waals surface area contributed by atoms with Gasteiger partial charge in [-0.25, -0.2) is 4.39 Å². The maximum absolute atomic E-state index is 13.2. The summed E-state index contributed by atoms with van der Waals surface area (Å²) >= 11 is 5.41.